The molecular formula is C9H14N2S. The fourth-order valence-corrected chi connectivity index (χ4v) is 1.23. The molecule has 1 aliphatic rings. The molecule has 0 amide bonds. The van der Waals surface area contributed by atoms with Crippen LogP contribution >= 0.6 is 12.2 Å². The number of terminal acetylenes is 1. The standard InChI is InChI=1S/C9H14N2S/c1-3-4-7-10-8(12)11-9(2)5-6-9/h1H,4-7H2,2H3,(H2,10,11,12). The SMILES string of the molecule is C#CCCNC(=S)NC1(C)CC1. The van der Waals surface area contributed by atoms with Gasteiger partial charge in [-0.25, -0.2) is 0 Å². The second-order valence-corrected chi connectivity index (χ2v) is 3.80. The summed E-state index contributed by atoms with van der Waals surface area (Å²) in [5.74, 6) is 2.55. The van der Waals surface area contributed by atoms with Gasteiger partial charge in [-0.15, -0.1) is 12.3 Å². The number of nitrogens with one attached hydrogen (secondary N) is 2. The molecule has 1 fully saturated rings. The molecule has 0 heterocycles. The van der Waals surface area contributed by atoms with E-state index in [4.69, 9.17) is 18.6 Å². The predicted octanol–water partition coefficient (Wildman–Crippen LogP) is 1.03. The monoisotopic (exact) mass is 182 g/mol. The van der Waals surface area contributed by atoms with E-state index < -0.39 is 0 Å². The summed E-state index contributed by atoms with van der Waals surface area (Å²) < 4.78 is 0. The van der Waals surface area contributed by atoms with Gasteiger partial charge in [0.1, 0.15) is 0 Å². The molecule has 1 rings (SSSR count). The third kappa shape index (κ3) is 3.10. The Kier molecular flexibility index (Phi) is 2.93. The molecule has 0 aromatic heterocycles. The minimum absolute atomic E-state index is 0.264. The van der Waals surface area contributed by atoms with Crippen molar-refractivity contribution in [2.24, 2.45) is 0 Å². The van der Waals surface area contributed by atoms with E-state index in [1.807, 2.05) is 0 Å². The lowest BCUT2D eigenvalue weighted by atomic mass is 10.3. The third-order valence-corrected chi connectivity index (χ3v) is 2.22. The van der Waals surface area contributed by atoms with Crippen LogP contribution in [-0.4, -0.2) is 17.2 Å². The van der Waals surface area contributed by atoms with Crippen molar-refractivity contribution in [3.05, 3.63) is 0 Å². The minimum Gasteiger partial charge on any atom is -0.362 e. The van der Waals surface area contributed by atoms with Gasteiger partial charge in [0.25, 0.3) is 0 Å². The Morgan fingerprint density at radius 3 is 2.83 bits per heavy atom. The van der Waals surface area contributed by atoms with Gasteiger partial charge < -0.3 is 10.6 Å². The first-order chi connectivity index (χ1) is 5.66. The predicted molar refractivity (Wildman–Crippen MR) is 54.8 cm³/mol. The highest BCUT2D eigenvalue weighted by molar-refractivity contribution is 7.80. The summed E-state index contributed by atoms with van der Waals surface area (Å²) in [6, 6.07) is 0. The van der Waals surface area contributed by atoms with Crippen molar-refractivity contribution < 1.29 is 0 Å². The minimum atomic E-state index is 0.264. The number of rotatable bonds is 3. The molecule has 0 aromatic carbocycles. The first-order valence-corrected chi connectivity index (χ1v) is 4.57. The van der Waals surface area contributed by atoms with Gasteiger partial charge in [-0.05, 0) is 32.0 Å². The first kappa shape index (κ1) is 9.34. The molecule has 66 valence electrons. The average molecular weight is 182 g/mol. The average Bonchev–Trinajstić information content (AvgIpc) is 2.68. The number of hydrogen-bond donors (Lipinski definition) is 2. The van der Waals surface area contributed by atoms with Gasteiger partial charge in [-0.3, -0.25) is 0 Å². The first-order valence-electron chi connectivity index (χ1n) is 4.16. The Labute approximate surface area is 79.1 Å². The van der Waals surface area contributed by atoms with Gasteiger partial charge in [0.05, 0.1) is 0 Å². The van der Waals surface area contributed by atoms with Crippen LogP contribution in [0.4, 0.5) is 0 Å². The number of hydrogen-bond acceptors (Lipinski definition) is 1. The highest BCUT2D eigenvalue weighted by Crippen LogP contribution is 2.33. The Balaban J connectivity index is 2.09. The second-order valence-electron chi connectivity index (χ2n) is 3.40. The van der Waals surface area contributed by atoms with Crippen LogP contribution in [0.2, 0.25) is 0 Å². The molecule has 0 aromatic rings. The van der Waals surface area contributed by atoms with Crippen LogP contribution in [0.25, 0.3) is 0 Å². The molecule has 12 heavy (non-hydrogen) atoms. The quantitative estimate of drug-likeness (QED) is 0.387. The molecule has 0 aliphatic heterocycles. The van der Waals surface area contributed by atoms with Crippen LogP contribution in [-0.2, 0) is 0 Å². The summed E-state index contributed by atoms with van der Waals surface area (Å²) in [6.45, 7) is 2.93. The molecule has 1 saturated carbocycles. The van der Waals surface area contributed by atoms with Crippen LogP contribution in [0.15, 0.2) is 0 Å². The molecule has 2 nitrogen and oxygen atoms in total. The normalized spacial score (nSPS) is 17.7. The molecule has 0 unspecified atom stereocenters. The summed E-state index contributed by atoms with van der Waals surface area (Å²) in [5, 5.41) is 7.03. The zero-order valence-corrected chi connectivity index (χ0v) is 8.13. The molecule has 0 atom stereocenters. The lowest BCUT2D eigenvalue weighted by molar-refractivity contribution is 0.654. The van der Waals surface area contributed by atoms with Crippen LogP contribution in [0.3, 0.4) is 0 Å². The molecule has 0 radical (unpaired) electrons. The zero-order chi connectivity index (χ0) is 9.03. The highest BCUT2D eigenvalue weighted by atomic mass is 32.1. The van der Waals surface area contributed by atoms with Crippen LogP contribution in [0.5, 0.6) is 0 Å². The Morgan fingerprint density at radius 1 is 1.67 bits per heavy atom. The third-order valence-electron chi connectivity index (χ3n) is 1.97. The second kappa shape index (κ2) is 3.77. The van der Waals surface area contributed by atoms with E-state index in [1.54, 1.807) is 0 Å². The Hall–Kier alpha value is -0.750. The van der Waals surface area contributed by atoms with Crippen LogP contribution in [0.1, 0.15) is 26.2 Å². The van der Waals surface area contributed by atoms with Crippen molar-refractivity contribution in [2.45, 2.75) is 31.7 Å². The fraction of sp³-hybridized carbons (Fsp3) is 0.667. The lowest BCUT2D eigenvalue weighted by Gasteiger charge is -2.14. The lowest BCUT2D eigenvalue weighted by Crippen LogP contribution is -2.42. The molecule has 0 spiro atoms. The topological polar surface area (TPSA) is 24.1 Å². The van der Waals surface area contributed by atoms with Gasteiger partial charge in [0.15, 0.2) is 5.11 Å². The smallest absolute Gasteiger partial charge is 0.166 e. The van der Waals surface area contributed by atoms with E-state index in [0.717, 1.165) is 18.1 Å². The fourth-order valence-electron chi connectivity index (χ4n) is 0.879. The van der Waals surface area contributed by atoms with E-state index in [2.05, 4.69) is 23.5 Å². The van der Waals surface area contributed by atoms with Gasteiger partial charge in [-0.2, -0.15) is 0 Å². The van der Waals surface area contributed by atoms with Gasteiger partial charge in [-0.1, -0.05) is 0 Å². The van der Waals surface area contributed by atoms with Crippen LogP contribution in [0, 0.1) is 12.3 Å². The van der Waals surface area contributed by atoms with Gasteiger partial charge in [0.2, 0.25) is 0 Å². The molecular weight excluding hydrogens is 168 g/mol. The largest absolute Gasteiger partial charge is 0.362 e. The van der Waals surface area contributed by atoms with Crippen molar-refractivity contribution >= 4 is 17.3 Å². The Morgan fingerprint density at radius 2 is 2.33 bits per heavy atom. The van der Waals surface area contributed by atoms with Crippen molar-refractivity contribution in [3.63, 3.8) is 0 Å². The maximum Gasteiger partial charge on any atom is 0.166 e. The van der Waals surface area contributed by atoms with Crippen LogP contribution < -0.4 is 10.6 Å². The molecule has 3 heteroatoms. The summed E-state index contributed by atoms with van der Waals surface area (Å²) in [7, 11) is 0. The zero-order valence-electron chi connectivity index (χ0n) is 7.31. The summed E-state index contributed by atoms with van der Waals surface area (Å²) in [5.41, 5.74) is 0.264. The van der Waals surface area contributed by atoms with Crippen molar-refractivity contribution in [1.82, 2.24) is 10.6 Å². The van der Waals surface area contributed by atoms with Crippen molar-refractivity contribution in [1.29, 1.82) is 0 Å². The number of thiocarbonyl (C=S) groups is 1. The van der Waals surface area contributed by atoms with Gasteiger partial charge >= 0.3 is 0 Å². The van der Waals surface area contributed by atoms with E-state index >= 15 is 0 Å². The van der Waals surface area contributed by atoms with E-state index in [1.165, 1.54) is 12.8 Å². The van der Waals surface area contributed by atoms with Crippen molar-refractivity contribution in [2.75, 3.05) is 6.54 Å². The molecule has 0 saturated heterocycles. The summed E-state index contributed by atoms with van der Waals surface area (Å²) in [4.78, 5) is 0. The highest BCUT2D eigenvalue weighted by Gasteiger charge is 2.37. The summed E-state index contributed by atoms with van der Waals surface area (Å²) in [6.07, 6.45) is 8.25. The maximum absolute atomic E-state index is 5.10. The maximum atomic E-state index is 5.10. The van der Waals surface area contributed by atoms with E-state index in [-0.39, 0.29) is 5.54 Å². The molecule has 1 aliphatic carbocycles. The van der Waals surface area contributed by atoms with E-state index in [0.29, 0.717) is 0 Å². The molecule has 2 N–H and O–H groups in total. The molecule has 0 bridgehead atoms. The van der Waals surface area contributed by atoms with E-state index in [9.17, 15) is 0 Å². The Bertz CT molecular complexity index is 213. The summed E-state index contributed by atoms with van der Waals surface area (Å²) >= 11 is 5.06. The van der Waals surface area contributed by atoms with Crippen molar-refractivity contribution in [3.8, 4) is 12.3 Å². The van der Waals surface area contributed by atoms with Gasteiger partial charge in [0, 0.05) is 18.5 Å².